The zero-order valence-electron chi connectivity index (χ0n) is 12.7. The number of rotatable bonds is 5. The van der Waals surface area contributed by atoms with Crippen LogP contribution < -0.4 is 5.32 Å². The molecular formula is C20H20N2. The van der Waals surface area contributed by atoms with Gasteiger partial charge in [-0.25, -0.2) is 0 Å². The first-order chi connectivity index (χ1) is 10.8. The number of hydrogen-bond donors (Lipinski definition) is 1. The molecule has 0 amide bonds. The fourth-order valence-electron chi connectivity index (χ4n) is 2.43. The molecule has 1 heterocycles. The summed E-state index contributed by atoms with van der Waals surface area (Å²) >= 11 is 0. The van der Waals surface area contributed by atoms with Crippen LogP contribution in [0.3, 0.4) is 0 Å². The van der Waals surface area contributed by atoms with Crippen molar-refractivity contribution in [1.29, 1.82) is 0 Å². The van der Waals surface area contributed by atoms with Gasteiger partial charge in [-0.3, -0.25) is 4.98 Å². The number of hydrogen-bond acceptors (Lipinski definition) is 2. The van der Waals surface area contributed by atoms with Crippen LogP contribution in [0.4, 0.5) is 0 Å². The maximum absolute atomic E-state index is 4.79. The molecule has 0 fully saturated rings. The Hall–Kier alpha value is -2.45. The largest absolute Gasteiger partial charge is 0.305 e. The lowest BCUT2D eigenvalue weighted by atomic mass is 10.1. The van der Waals surface area contributed by atoms with Crippen LogP contribution in [0.1, 0.15) is 24.2 Å². The summed E-state index contributed by atoms with van der Waals surface area (Å²) in [6.45, 7) is 3.00. The second kappa shape index (κ2) is 7.01. The number of benzene rings is 2. The molecular weight excluding hydrogens is 268 g/mol. The first-order valence-electron chi connectivity index (χ1n) is 7.62. The standard InChI is InChI=1S/C20H20N2/c1-16(21-15-17-9-4-2-5-10-17)19-13-8-14-20(22-19)18-11-6-3-7-12-18/h2-14,16,21H,15H2,1H3/t16-/m0/s1. The fraction of sp³-hybridized carbons (Fsp3) is 0.150. The van der Waals surface area contributed by atoms with Gasteiger partial charge in [0.2, 0.25) is 0 Å². The normalized spacial score (nSPS) is 12.0. The highest BCUT2D eigenvalue weighted by molar-refractivity contribution is 5.58. The molecule has 22 heavy (non-hydrogen) atoms. The molecule has 1 aromatic heterocycles. The molecule has 0 radical (unpaired) electrons. The second-order valence-electron chi connectivity index (χ2n) is 5.40. The highest BCUT2D eigenvalue weighted by Crippen LogP contribution is 2.19. The van der Waals surface area contributed by atoms with Gasteiger partial charge in [-0.05, 0) is 24.6 Å². The average molecular weight is 288 g/mol. The molecule has 110 valence electrons. The Morgan fingerprint density at radius 2 is 1.50 bits per heavy atom. The zero-order chi connectivity index (χ0) is 15.2. The molecule has 0 unspecified atom stereocenters. The lowest BCUT2D eigenvalue weighted by Gasteiger charge is -2.14. The Balaban J connectivity index is 1.72. The van der Waals surface area contributed by atoms with Gasteiger partial charge in [-0.1, -0.05) is 66.7 Å². The van der Waals surface area contributed by atoms with Gasteiger partial charge in [-0.2, -0.15) is 0 Å². The summed E-state index contributed by atoms with van der Waals surface area (Å²) in [7, 11) is 0. The minimum absolute atomic E-state index is 0.212. The van der Waals surface area contributed by atoms with Crippen molar-refractivity contribution in [3.05, 3.63) is 90.1 Å². The van der Waals surface area contributed by atoms with E-state index >= 15 is 0 Å². The first-order valence-corrected chi connectivity index (χ1v) is 7.62. The second-order valence-corrected chi connectivity index (χ2v) is 5.40. The van der Waals surface area contributed by atoms with E-state index in [1.165, 1.54) is 5.56 Å². The minimum atomic E-state index is 0.212. The van der Waals surface area contributed by atoms with Crippen LogP contribution in [0.5, 0.6) is 0 Å². The summed E-state index contributed by atoms with van der Waals surface area (Å²) in [5.41, 5.74) is 4.52. The van der Waals surface area contributed by atoms with Crippen molar-refractivity contribution >= 4 is 0 Å². The van der Waals surface area contributed by atoms with Gasteiger partial charge < -0.3 is 5.32 Å². The summed E-state index contributed by atoms with van der Waals surface area (Å²) in [5, 5.41) is 3.53. The summed E-state index contributed by atoms with van der Waals surface area (Å²) in [5.74, 6) is 0. The van der Waals surface area contributed by atoms with Crippen molar-refractivity contribution in [2.45, 2.75) is 19.5 Å². The van der Waals surface area contributed by atoms with Gasteiger partial charge in [0.25, 0.3) is 0 Å². The summed E-state index contributed by atoms with van der Waals surface area (Å²) in [4.78, 5) is 4.79. The molecule has 2 aromatic carbocycles. The number of aromatic nitrogens is 1. The molecule has 3 rings (SSSR count). The molecule has 0 spiro atoms. The predicted octanol–water partition coefficient (Wildman–Crippen LogP) is 4.60. The van der Waals surface area contributed by atoms with E-state index in [2.05, 4.69) is 66.8 Å². The lowest BCUT2D eigenvalue weighted by molar-refractivity contribution is 0.562. The molecule has 0 aliphatic carbocycles. The Bertz CT molecular complexity index is 708. The van der Waals surface area contributed by atoms with E-state index in [1.807, 2.05) is 24.3 Å². The van der Waals surface area contributed by atoms with Gasteiger partial charge in [0, 0.05) is 18.2 Å². The summed E-state index contributed by atoms with van der Waals surface area (Å²) < 4.78 is 0. The van der Waals surface area contributed by atoms with Crippen molar-refractivity contribution < 1.29 is 0 Å². The van der Waals surface area contributed by atoms with Crippen molar-refractivity contribution in [1.82, 2.24) is 10.3 Å². The van der Waals surface area contributed by atoms with E-state index in [0.29, 0.717) is 0 Å². The molecule has 3 aromatic rings. The third-order valence-electron chi connectivity index (χ3n) is 3.74. The Kier molecular flexibility index (Phi) is 4.62. The minimum Gasteiger partial charge on any atom is -0.305 e. The molecule has 0 aliphatic heterocycles. The molecule has 0 saturated heterocycles. The van der Waals surface area contributed by atoms with Crippen LogP contribution in [-0.4, -0.2) is 4.98 Å². The highest BCUT2D eigenvalue weighted by Gasteiger charge is 2.08. The van der Waals surface area contributed by atoms with Crippen molar-refractivity contribution in [3.8, 4) is 11.3 Å². The van der Waals surface area contributed by atoms with E-state index in [1.54, 1.807) is 0 Å². The van der Waals surface area contributed by atoms with Crippen LogP contribution in [0.2, 0.25) is 0 Å². The highest BCUT2D eigenvalue weighted by atomic mass is 14.9. The predicted molar refractivity (Wildman–Crippen MR) is 91.4 cm³/mol. The van der Waals surface area contributed by atoms with Crippen LogP contribution in [-0.2, 0) is 6.54 Å². The molecule has 1 atom stereocenters. The van der Waals surface area contributed by atoms with Gasteiger partial charge >= 0.3 is 0 Å². The number of pyridine rings is 1. The van der Waals surface area contributed by atoms with E-state index in [-0.39, 0.29) is 6.04 Å². The topological polar surface area (TPSA) is 24.9 Å². The third kappa shape index (κ3) is 3.60. The molecule has 2 nitrogen and oxygen atoms in total. The van der Waals surface area contributed by atoms with Gasteiger partial charge in [-0.15, -0.1) is 0 Å². The smallest absolute Gasteiger partial charge is 0.0706 e. The maximum Gasteiger partial charge on any atom is 0.0706 e. The van der Waals surface area contributed by atoms with E-state index in [9.17, 15) is 0 Å². The Labute approximate surface area is 131 Å². The first kappa shape index (κ1) is 14.5. The van der Waals surface area contributed by atoms with Crippen LogP contribution in [0, 0.1) is 0 Å². The van der Waals surface area contributed by atoms with Gasteiger partial charge in [0.1, 0.15) is 0 Å². The zero-order valence-corrected chi connectivity index (χ0v) is 12.7. The monoisotopic (exact) mass is 288 g/mol. The van der Waals surface area contributed by atoms with Gasteiger partial charge in [0.15, 0.2) is 0 Å². The third-order valence-corrected chi connectivity index (χ3v) is 3.74. The summed E-state index contributed by atoms with van der Waals surface area (Å²) in [6.07, 6.45) is 0. The Morgan fingerprint density at radius 1 is 0.818 bits per heavy atom. The van der Waals surface area contributed by atoms with Gasteiger partial charge in [0.05, 0.1) is 11.4 Å². The lowest BCUT2D eigenvalue weighted by Crippen LogP contribution is -2.19. The van der Waals surface area contributed by atoms with Crippen LogP contribution in [0.15, 0.2) is 78.9 Å². The Morgan fingerprint density at radius 3 is 2.23 bits per heavy atom. The van der Waals surface area contributed by atoms with Crippen LogP contribution >= 0.6 is 0 Å². The maximum atomic E-state index is 4.79. The number of nitrogens with one attached hydrogen (secondary N) is 1. The number of nitrogens with zero attached hydrogens (tertiary/aromatic N) is 1. The molecule has 0 aliphatic rings. The summed E-state index contributed by atoms with van der Waals surface area (Å²) in [6, 6.07) is 27.2. The van der Waals surface area contributed by atoms with E-state index in [4.69, 9.17) is 4.98 Å². The van der Waals surface area contributed by atoms with Crippen molar-refractivity contribution in [2.75, 3.05) is 0 Å². The molecule has 1 N–H and O–H groups in total. The SMILES string of the molecule is C[C@H](NCc1ccccc1)c1cccc(-c2ccccc2)n1. The molecule has 0 saturated carbocycles. The molecule has 2 heteroatoms. The van der Waals surface area contributed by atoms with Crippen molar-refractivity contribution in [3.63, 3.8) is 0 Å². The van der Waals surface area contributed by atoms with E-state index in [0.717, 1.165) is 23.5 Å². The fourth-order valence-corrected chi connectivity index (χ4v) is 2.43. The average Bonchev–Trinajstić information content (AvgIpc) is 2.61. The van der Waals surface area contributed by atoms with Crippen molar-refractivity contribution in [2.24, 2.45) is 0 Å². The molecule has 0 bridgehead atoms. The van der Waals surface area contributed by atoms with E-state index < -0.39 is 0 Å². The van der Waals surface area contributed by atoms with Crippen LogP contribution in [0.25, 0.3) is 11.3 Å². The quantitative estimate of drug-likeness (QED) is 0.742.